The van der Waals surface area contributed by atoms with Crippen LogP contribution < -0.4 is 15.4 Å². The Balaban J connectivity index is 1.59. The van der Waals surface area contributed by atoms with Gasteiger partial charge in [0.25, 0.3) is 5.91 Å². The quantitative estimate of drug-likeness (QED) is 0.589. The molecule has 7 nitrogen and oxygen atoms in total. The van der Waals surface area contributed by atoms with Crippen LogP contribution in [0.25, 0.3) is 0 Å². The van der Waals surface area contributed by atoms with E-state index in [1.807, 2.05) is 13.8 Å². The molecule has 3 atom stereocenters. The van der Waals surface area contributed by atoms with Crippen molar-refractivity contribution >= 4 is 29.3 Å². The first-order chi connectivity index (χ1) is 15.7. The van der Waals surface area contributed by atoms with Crippen LogP contribution in [-0.2, 0) is 9.59 Å². The zero-order valence-corrected chi connectivity index (χ0v) is 20.6. The maximum atomic E-state index is 13.1. The second-order valence-corrected chi connectivity index (χ2v) is 10.1. The molecule has 1 saturated carbocycles. The predicted molar refractivity (Wildman–Crippen MR) is 128 cm³/mol. The number of amides is 3. The number of alkyl halides is 1. The summed E-state index contributed by atoms with van der Waals surface area (Å²) < 4.78 is 5.15. The van der Waals surface area contributed by atoms with E-state index in [1.165, 1.54) is 0 Å². The third kappa shape index (κ3) is 6.40. The van der Waals surface area contributed by atoms with Gasteiger partial charge in [0.2, 0.25) is 11.8 Å². The molecule has 3 amide bonds. The van der Waals surface area contributed by atoms with E-state index >= 15 is 0 Å². The third-order valence-electron chi connectivity index (χ3n) is 6.75. The lowest BCUT2D eigenvalue weighted by atomic mass is 9.88. The van der Waals surface area contributed by atoms with E-state index in [0.29, 0.717) is 24.4 Å². The SMILES string of the molecule is COc1ccc(C(=O)N[C@@H]2CCCCC2NC(=O)C2CCCN(C(=O)C(C)(C)CCl)C2)cc1. The Kier molecular flexibility index (Phi) is 8.63. The number of halogens is 1. The number of hydrogen-bond donors (Lipinski definition) is 2. The monoisotopic (exact) mass is 477 g/mol. The standard InChI is InChI=1S/C25H36ClN3O4/c1-25(2,16-26)24(32)29-14-6-7-18(15-29)23(31)28-21-9-5-4-8-20(21)27-22(30)17-10-12-19(33-3)13-11-17/h10-13,18,20-21H,4-9,14-16H2,1-3H3,(H,27,30)(H,28,31)/t18?,20-,21?/m1/s1. The van der Waals surface area contributed by atoms with E-state index in [4.69, 9.17) is 16.3 Å². The van der Waals surface area contributed by atoms with Gasteiger partial charge in [-0.1, -0.05) is 12.8 Å². The number of carbonyl (C=O) groups excluding carboxylic acids is 3. The van der Waals surface area contributed by atoms with Crippen LogP contribution >= 0.6 is 11.6 Å². The fraction of sp³-hybridized carbons (Fsp3) is 0.640. The summed E-state index contributed by atoms with van der Waals surface area (Å²) in [4.78, 5) is 40.5. The van der Waals surface area contributed by atoms with Crippen molar-refractivity contribution in [2.45, 2.75) is 64.5 Å². The highest BCUT2D eigenvalue weighted by atomic mass is 35.5. The Hall–Kier alpha value is -2.28. The van der Waals surface area contributed by atoms with Crippen LogP contribution in [-0.4, -0.2) is 60.8 Å². The number of ether oxygens (including phenoxy) is 1. The second-order valence-electron chi connectivity index (χ2n) is 9.82. The molecule has 1 saturated heterocycles. The number of hydrogen-bond acceptors (Lipinski definition) is 4. The van der Waals surface area contributed by atoms with E-state index in [-0.39, 0.29) is 41.6 Å². The smallest absolute Gasteiger partial charge is 0.251 e. The fourth-order valence-electron chi connectivity index (χ4n) is 4.63. The summed E-state index contributed by atoms with van der Waals surface area (Å²) in [6, 6.07) is 6.77. The van der Waals surface area contributed by atoms with E-state index in [2.05, 4.69) is 10.6 Å². The number of nitrogens with zero attached hydrogens (tertiary/aromatic N) is 1. The molecule has 1 aromatic carbocycles. The number of rotatable bonds is 7. The van der Waals surface area contributed by atoms with Crippen molar-refractivity contribution in [2.75, 3.05) is 26.1 Å². The Bertz CT molecular complexity index is 843. The summed E-state index contributed by atoms with van der Waals surface area (Å²) in [5, 5.41) is 6.30. The van der Waals surface area contributed by atoms with Gasteiger partial charge in [-0.15, -0.1) is 11.6 Å². The number of methoxy groups -OCH3 is 1. The molecule has 0 radical (unpaired) electrons. The molecular formula is C25H36ClN3O4. The van der Waals surface area contributed by atoms with Crippen molar-refractivity contribution in [1.82, 2.24) is 15.5 Å². The lowest BCUT2D eigenvalue weighted by molar-refractivity contribution is -0.142. The molecule has 0 aromatic heterocycles. The number of likely N-dealkylation sites (tertiary alicyclic amines) is 1. The summed E-state index contributed by atoms with van der Waals surface area (Å²) in [6.07, 6.45) is 5.23. The molecule has 0 bridgehead atoms. The molecule has 1 heterocycles. The van der Waals surface area contributed by atoms with E-state index in [9.17, 15) is 14.4 Å². The summed E-state index contributed by atoms with van der Waals surface area (Å²) in [6.45, 7) is 4.75. The largest absolute Gasteiger partial charge is 0.497 e. The van der Waals surface area contributed by atoms with E-state index < -0.39 is 5.41 Å². The Morgan fingerprint density at radius 1 is 1.03 bits per heavy atom. The van der Waals surface area contributed by atoms with E-state index in [0.717, 1.165) is 38.5 Å². The van der Waals surface area contributed by atoms with Gasteiger partial charge in [0.15, 0.2) is 0 Å². The van der Waals surface area contributed by atoms with Crippen LogP contribution in [0.2, 0.25) is 0 Å². The Morgan fingerprint density at radius 3 is 2.27 bits per heavy atom. The minimum Gasteiger partial charge on any atom is -0.497 e. The molecule has 3 rings (SSSR count). The Morgan fingerprint density at radius 2 is 1.67 bits per heavy atom. The molecule has 33 heavy (non-hydrogen) atoms. The summed E-state index contributed by atoms with van der Waals surface area (Å²) in [5.74, 6) is 0.514. The zero-order chi connectivity index (χ0) is 24.0. The van der Waals surface area contributed by atoms with Crippen molar-refractivity contribution in [2.24, 2.45) is 11.3 Å². The normalized spacial score (nSPS) is 23.5. The second kappa shape index (κ2) is 11.2. The number of nitrogens with one attached hydrogen (secondary N) is 2. The van der Waals surface area contributed by atoms with Crippen molar-refractivity contribution in [3.05, 3.63) is 29.8 Å². The first kappa shape index (κ1) is 25.3. The molecule has 1 aliphatic heterocycles. The molecule has 2 aliphatic rings. The molecular weight excluding hydrogens is 442 g/mol. The highest BCUT2D eigenvalue weighted by Gasteiger charge is 2.37. The van der Waals surface area contributed by atoms with Gasteiger partial charge >= 0.3 is 0 Å². The molecule has 8 heteroatoms. The molecule has 2 N–H and O–H groups in total. The van der Waals surface area contributed by atoms with Crippen molar-refractivity contribution in [3.8, 4) is 5.75 Å². The van der Waals surface area contributed by atoms with Crippen LogP contribution in [0.3, 0.4) is 0 Å². The maximum Gasteiger partial charge on any atom is 0.251 e. The first-order valence-corrected chi connectivity index (χ1v) is 12.4. The third-order valence-corrected chi connectivity index (χ3v) is 7.42. The van der Waals surface area contributed by atoms with Crippen LogP contribution in [0, 0.1) is 11.3 Å². The summed E-state index contributed by atoms with van der Waals surface area (Å²) in [7, 11) is 1.59. The number of piperidine rings is 1. The average molecular weight is 478 g/mol. The summed E-state index contributed by atoms with van der Waals surface area (Å²) in [5.41, 5.74) is -0.0741. The van der Waals surface area contributed by atoms with Gasteiger partial charge in [-0.25, -0.2) is 0 Å². The fourth-order valence-corrected chi connectivity index (χ4v) is 4.75. The van der Waals surface area contributed by atoms with E-state index in [1.54, 1.807) is 36.3 Å². The predicted octanol–water partition coefficient (Wildman–Crippen LogP) is 3.36. The summed E-state index contributed by atoms with van der Waals surface area (Å²) >= 11 is 5.98. The van der Waals surface area contributed by atoms with Crippen LogP contribution in [0.4, 0.5) is 0 Å². The minimum atomic E-state index is -0.639. The maximum absolute atomic E-state index is 13.1. The molecule has 1 aromatic rings. The van der Waals surface area contributed by atoms with Gasteiger partial charge in [-0.2, -0.15) is 0 Å². The topological polar surface area (TPSA) is 87.7 Å². The van der Waals surface area contributed by atoms with Crippen LogP contribution in [0.1, 0.15) is 62.7 Å². The lowest BCUT2D eigenvalue weighted by Crippen LogP contribution is -2.56. The van der Waals surface area contributed by atoms with Crippen molar-refractivity contribution < 1.29 is 19.1 Å². The van der Waals surface area contributed by atoms with Gasteiger partial charge in [0.1, 0.15) is 5.75 Å². The van der Waals surface area contributed by atoms with Gasteiger partial charge in [-0.3, -0.25) is 14.4 Å². The van der Waals surface area contributed by atoms with Crippen LogP contribution in [0.15, 0.2) is 24.3 Å². The lowest BCUT2D eigenvalue weighted by Gasteiger charge is -2.38. The molecule has 1 aliphatic carbocycles. The molecule has 2 unspecified atom stereocenters. The van der Waals surface area contributed by atoms with Crippen molar-refractivity contribution in [1.29, 1.82) is 0 Å². The molecule has 2 fully saturated rings. The molecule has 182 valence electrons. The highest BCUT2D eigenvalue weighted by Crippen LogP contribution is 2.26. The highest BCUT2D eigenvalue weighted by molar-refractivity contribution is 6.19. The van der Waals surface area contributed by atoms with Gasteiger partial charge in [-0.05, 0) is 63.8 Å². The zero-order valence-electron chi connectivity index (χ0n) is 19.9. The number of carbonyl (C=O) groups is 3. The number of benzene rings is 1. The average Bonchev–Trinajstić information content (AvgIpc) is 2.84. The molecule has 0 spiro atoms. The first-order valence-electron chi connectivity index (χ1n) is 11.9. The van der Waals surface area contributed by atoms with Gasteiger partial charge in [0, 0.05) is 36.6 Å². The van der Waals surface area contributed by atoms with Crippen molar-refractivity contribution in [3.63, 3.8) is 0 Å². The minimum absolute atomic E-state index is 0.00250. The Labute approximate surface area is 201 Å². The van der Waals surface area contributed by atoms with Gasteiger partial charge < -0.3 is 20.3 Å². The van der Waals surface area contributed by atoms with Crippen LogP contribution in [0.5, 0.6) is 5.75 Å². The van der Waals surface area contributed by atoms with Gasteiger partial charge in [0.05, 0.1) is 18.4 Å².